The van der Waals surface area contributed by atoms with E-state index >= 15 is 0 Å². The molecule has 1 amide bonds. The van der Waals surface area contributed by atoms with Gasteiger partial charge < -0.3 is 19.3 Å². The van der Waals surface area contributed by atoms with Crippen molar-refractivity contribution in [1.29, 1.82) is 0 Å². The molecule has 1 aromatic carbocycles. The zero-order valence-electron chi connectivity index (χ0n) is 17.1. The molecule has 152 valence electrons. The minimum absolute atomic E-state index is 0.0717. The summed E-state index contributed by atoms with van der Waals surface area (Å²) in [6.07, 6.45) is 2.10. The number of likely N-dealkylation sites (tertiary alicyclic amines) is 1. The summed E-state index contributed by atoms with van der Waals surface area (Å²) in [5.74, 6) is 1.85. The van der Waals surface area contributed by atoms with E-state index in [9.17, 15) is 9.90 Å². The van der Waals surface area contributed by atoms with E-state index in [0.29, 0.717) is 23.3 Å². The van der Waals surface area contributed by atoms with Crippen LogP contribution in [0.4, 0.5) is 0 Å². The summed E-state index contributed by atoms with van der Waals surface area (Å²) in [5, 5.41) is 9.52. The average molecular weight is 386 g/mol. The molecular weight excluding hydrogens is 354 g/mol. The van der Waals surface area contributed by atoms with Crippen LogP contribution in [0.25, 0.3) is 11.5 Å². The largest absolute Gasteiger partial charge is 0.441 e. The van der Waals surface area contributed by atoms with Gasteiger partial charge in [0.15, 0.2) is 0 Å². The number of rotatable bonds is 7. The summed E-state index contributed by atoms with van der Waals surface area (Å²) in [6, 6.07) is 9.74. The summed E-state index contributed by atoms with van der Waals surface area (Å²) in [6.45, 7) is 7.16. The zero-order valence-corrected chi connectivity index (χ0v) is 17.1. The highest BCUT2D eigenvalue weighted by Gasteiger charge is 2.23. The smallest absolute Gasteiger partial charge is 0.228 e. The molecule has 0 radical (unpaired) electrons. The highest BCUT2D eigenvalue weighted by atomic mass is 16.4. The molecular formula is C22H31N3O3. The van der Waals surface area contributed by atoms with E-state index in [4.69, 9.17) is 4.42 Å². The number of piperidine rings is 1. The van der Waals surface area contributed by atoms with E-state index < -0.39 is 0 Å². The molecule has 1 aliphatic heterocycles. The highest BCUT2D eigenvalue weighted by molar-refractivity contribution is 5.78. The first-order valence-corrected chi connectivity index (χ1v) is 10.1. The fraction of sp³-hybridized carbons (Fsp3) is 0.545. The van der Waals surface area contributed by atoms with Crippen molar-refractivity contribution in [3.8, 4) is 11.5 Å². The summed E-state index contributed by atoms with van der Waals surface area (Å²) >= 11 is 0. The molecule has 28 heavy (non-hydrogen) atoms. The van der Waals surface area contributed by atoms with Gasteiger partial charge in [0.1, 0.15) is 5.76 Å². The Morgan fingerprint density at radius 1 is 1.32 bits per heavy atom. The molecule has 0 aliphatic carbocycles. The molecule has 2 aromatic rings. The fourth-order valence-corrected chi connectivity index (χ4v) is 3.79. The molecule has 0 spiro atoms. The molecule has 3 rings (SSSR count). The van der Waals surface area contributed by atoms with Crippen LogP contribution in [0.15, 0.2) is 34.7 Å². The molecule has 1 saturated heterocycles. The van der Waals surface area contributed by atoms with Crippen molar-refractivity contribution in [3.05, 3.63) is 41.8 Å². The minimum atomic E-state index is -0.285. The summed E-state index contributed by atoms with van der Waals surface area (Å²) in [7, 11) is 1.87. The lowest BCUT2D eigenvalue weighted by molar-refractivity contribution is -0.130. The number of aryl methyl sites for hydroxylation is 1. The number of carbonyl (C=O) groups is 1. The molecule has 1 atom stereocenters. The molecule has 1 aliphatic rings. The normalized spacial score (nSPS) is 16.9. The van der Waals surface area contributed by atoms with Gasteiger partial charge in [-0.1, -0.05) is 18.2 Å². The van der Waals surface area contributed by atoms with Crippen molar-refractivity contribution < 1.29 is 14.3 Å². The topological polar surface area (TPSA) is 69.8 Å². The predicted molar refractivity (Wildman–Crippen MR) is 109 cm³/mol. The van der Waals surface area contributed by atoms with Gasteiger partial charge in [-0.25, -0.2) is 4.98 Å². The van der Waals surface area contributed by atoms with E-state index in [1.807, 2.05) is 56.1 Å². The monoisotopic (exact) mass is 385 g/mol. The van der Waals surface area contributed by atoms with Crippen molar-refractivity contribution in [2.45, 2.75) is 39.2 Å². The average Bonchev–Trinajstić information content (AvgIpc) is 3.04. The van der Waals surface area contributed by atoms with Crippen LogP contribution < -0.4 is 0 Å². The standard InChI is InChI=1S/C22H31N3O3/c1-16(26)14-25-11-9-18(10-12-25)15-24(3)21(27)13-20-17(2)28-22(23-20)19-7-5-4-6-8-19/h4-8,16,18,26H,9-15H2,1-3H3. The molecule has 1 aromatic heterocycles. The van der Waals surface area contributed by atoms with E-state index in [1.54, 1.807) is 0 Å². The highest BCUT2D eigenvalue weighted by Crippen LogP contribution is 2.22. The maximum Gasteiger partial charge on any atom is 0.228 e. The molecule has 0 bridgehead atoms. The summed E-state index contributed by atoms with van der Waals surface area (Å²) < 4.78 is 5.77. The number of aliphatic hydroxyl groups is 1. The molecule has 1 fully saturated rings. The van der Waals surface area contributed by atoms with Gasteiger partial charge in [0.05, 0.1) is 18.2 Å². The van der Waals surface area contributed by atoms with Gasteiger partial charge in [-0.15, -0.1) is 0 Å². The first-order valence-electron chi connectivity index (χ1n) is 10.1. The quantitative estimate of drug-likeness (QED) is 0.794. The minimum Gasteiger partial charge on any atom is -0.441 e. The number of β-amino-alcohol motifs (C(OH)–C–C–N with tert-alkyl or cyclic N) is 1. The Labute approximate surface area is 167 Å². The lowest BCUT2D eigenvalue weighted by Crippen LogP contribution is -2.41. The number of aromatic nitrogens is 1. The van der Waals surface area contributed by atoms with Crippen LogP contribution in [0.5, 0.6) is 0 Å². The van der Waals surface area contributed by atoms with Gasteiger partial charge in [0.2, 0.25) is 11.8 Å². The third-order valence-electron chi connectivity index (χ3n) is 5.42. The molecule has 0 saturated carbocycles. The van der Waals surface area contributed by atoms with E-state index in [2.05, 4.69) is 9.88 Å². The molecule has 2 heterocycles. The van der Waals surface area contributed by atoms with Crippen LogP contribution in [0.1, 0.15) is 31.2 Å². The van der Waals surface area contributed by atoms with Crippen LogP contribution in [-0.4, -0.2) is 65.1 Å². The van der Waals surface area contributed by atoms with E-state index in [-0.39, 0.29) is 18.4 Å². The Hall–Kier alpha value is -2.18. The predicted octanol–water partition coefficient (Wildman–Crippen LogP) is 2.74. The lowest BCUT2D eigenvalue weighted by atomic mass is 9.96. The third kappa shape index (κ3) is 5.42. The second-order valence-corrected chi connectivity index (χ2v) is 7.93. The Balaban J connectivity index is 1.52. The van der Waals surface area contributed by atoms with Gasteiger partial charge in [-0.3, -0.25) is 4.79 Å². The third-order valence-corrected chi connectivity index (χ3v) is 5.42. The lowest BCUT2D eigenvalue weighted by Gasteiger charge is -2.34. The van der Waals surface area contributed by atoms with Crippen molar-refractivity contribution >= 4 is 5.91 Å². The number of benzene rings is 1. The van der Waals surface area contributed by atoms with Crippen molar-refractivity contribution in [1.82, 2.24) is 14.8 Å². The van der Waals surface area contributed by atoms with Crippen molar-refractivity contribution in [2.75, 3.05) is 33.2 Å². The Morgan fingerprint density at radius 3 is 2.64 bits per heavy atom. The van der Waals surface area contributed by atoms with E-state index in [1.165, 1.54) is 0 Å². The number of carbonyl (C=O) groups excluding carboxylic acids is 1. The van der Waals surface area contributed by atoms with Gasteiger partial charge in [0.25, 0.3) is 0 Å². The molecule has 6 heteroatoms. The number of aliphatic hydroxyl groups excluding tert-OH is 1. The molecule has 6 nitrogen and oxygen atoms in total. The van der Waals surface area contributed by atoms with Crippen LogP contribution >= 0.6 is 0 Å². The Morgan fingerprint density at radius 2 is 2.00 bits per heavy atom. The summed E-state index contributed by atoms with van der Waals surface area (Å²) in [5.41, 5.74) is 1.63. The molecule has 1 N–H and O–H groups in total. The maximum atomic E-state index is 12.7. The van der Waals surface area contributed by atoms with Gasteiger partial charge in [-0.05, 0) is 57.8 Å². The number of oxazole rings is 1. The first-order chi connectivity index (χ1) is 13.4. The zero-order chi connectivity index (χ0) is 20.1. The van der Waals surface area contributed by atoms with Crippen LogP contribution in [0.3, 0.4) is 0 Å². The number of hydrogen-bond acceptors (Lipinski definition) is 5. The van der Waals surface area contributed by atoms with E-state index in [0.717, 1.165) is 44.6 Å². The van der Waals surface area contributed by atoms with Gasteiger partial charge >= 0.3 is 0 Å². The van der Waals surface area contributed by atoms with Crippen LogP contribution in [-0.2, 0) is 11.2 Å². The van der Waals surface area contributed by atoms with Gasteiger partial charge in [-0.2, -0.15) is 0 Å². The van der Waals surface area contributed by atoms with Crippen LogP contribution in [0, 0.1) is 12.8 Å². The number of amides is 1. The first kappa shape index (κ1) is 20.6. The second-order valence-electron chi connectivity index (χ2n) is 7.93. The second kappa shape index (κ2) is 9.34. The van der Waals surface area contributed by atoms with Gasteiger partial charge in [0, 0.05) is 25.7 Å². The number of nitrogens with zero attached hydrogens (tertiary/aromatic N) is 3. The fourth-order valence-electron chi connectivity index (χ4n) is 3.79. The molecule has 1 unspecified atom stereocenters. The summed E-state index contributed by atoms with van der Waals surface area (Å²) in [4.78, 5) is 21.4. The van der Waals surface area contributed by atoms with Crippen LogP contribution in [0.2, 0.25) is 0 Å². The maximum absolute atomic E-state index is 12.7. The number of hydrogen-bond donors (Lipinski definition) is 1. The SMILES string of the molecule is Cc1oc(-c2ccccc2)nc1CC(=O)N(C)CC1CCN(CC(C)O)CC1. The number of likely N-dealkylation sites (N-methyl/N-ethyl adjacent to an activating group) is 1. The van der Waals surface area contributed by atoms with Crippen molar-refractivity contribution in [3.63, 3.8) is 0 Å². The Kier molecular flexibility index (Phi) is 6.86. The van der Waals surface area contributed by atoms with Crippen molar-refractivity contribution in [2.24, 2.45) is 5.92 Å². The Bertz CT molecular complexity index is 765.